The molecule has 0 saturated heterocycles. The van der Waals surface area contributed by atoms with Gasteiger partial charge in [-0.1, -0.05) is 170 Å². The Morgan fingerprint density at radius 1 is 0.286 bits per heavy atom. The zero-order valence-electron chi connectivity index (χ0n) is 34.4. The molecule has 63 heavy (non-hydrogen) atoms. The highest BCUT2D eigenvalue weighted by Crippen LogP contribution is 2.40. The fourth-order valence-electron chi connectivity index (χ4n) is 9.33. The van der Waals surface area contributed by atoms with Crippen LogP contribution in [0.4, 0.5) is 17.1 Å². The lowest BCUT2D eigenvalue weighted by Crippen LogP contribution is -2.09. The maximum Gasteiger partial charge on any atom is 0.136 e. The van der Waals surface area contributed by atoms with Gasteiger partial charge in [0.1, 0.15) is 11.2 Å². The van der Waals surface area contributed by atoms with Crippen LogP contribution in [0.25, 0.3) is 93.9 Å². The third kappa shape index (κ3) is 6.46. The summed E-state index contributed by atoms with van der Waals surface area (Å²) < 4.78 is 8.60. The van der Waals surface area contributed by atoms with Gasteiger partial charge in [0.15, 0.2) is 0 Å². The van der Waals surface area contributed by atoms with E-state index in [0.717, 1.165) is 66.9 Å². The number of para-hydroxylation sites is 4. The molecule has 2 heterocycles. The Morgan fingerprint density at radius 3 is 1.30 bits per heavy atom. The number of benzene rings is 10. The molecule has 0 unspecified atom stereocenters. The van der Waals surface area contributed by atoms with Crippen LogP contribution in [0, 0.1) is 0 Å². The molecule has 2 aromatic heterocycles. The lowest BCUT2D eigenvalue weighted by Gasteiger charge is -2.26. The van der Waals surface area contributed by atoms with Crippen molar-refractivity contribution in [2.24, 2.45) is 0 Å². The fourth-order valence-corrected chi connectivity index (χ4v) is 9.33. The first-order valence-electron chi connectivity index (χ1n) is 21.5. The summed E-state index contributed by atoms with van der Waals surface area (Å²) in [6, 6.07) is 87.1. The molecule has 0 aliphatic heterocycles. The average molecular weight is 805 g/mol. The van der Waals surface area contributed by atoms with Gasteiger partial charge in [-0.15, -0.1) is 0 Å². The predicted molar refractivity (Wildman–Crippen MR) is 264 cm³/mol. The molecule has 0 spiro atoms. The van der Waals surface area contributed by atoms with E-state index in [9.17, 15) is 0 Å². The maximum atomic E-state index is 6.19. The number of fused-ring (bicyclic) bond motifs is 6. The summed E-state index contributed by atoms with van der Waals surface area (Å²) in [6.45, 7) is 0. The second kappa shape index (κ2) is 15.3. The lowest BCUT2D eigenvalue weighted by atomic mass is 9.99. The average Bonchev–Trinajstić information content (AvgIpc) is 3.91. The predicted octanol–water partition coefficient (Wildman–Crippen LogP) is 16.8. The Hall–Kier alpha value is -8.40. The molecule has 0 saturated carbocycles. The molecule has 12 rings (SSSR count). The van der Waals surface area contributed by atoms with Crippen LogP contribution >= 0.6 is 0 Å². The Balaban J connectivity index is 0.886. The van der Waals surface area contributed by atoms with Gasteiger partial charge in [0.25, 0.3) is 0 Å². The normalized spacial score (nSPS) is 11.5. The van der Waals surface area contributed by atoms with Crippen LogP contribution in [0.15, 0.2) is 247 Å². The van der Waals surface area contributed by atoms with Crippen LogP contribution in [0.5, 0.6) is 0 Å². The summed E-state index contributed by atoms with van der Waals surface area (Å²) in [6.07, 6.45) is 0. The molecule has 10 aromatic carbocycles. The van der Waals surface area contributed by atoms with Crippen LogP contribution < -0.4 is 4.90 Å². The molecule has 0 aliphatic rings. The molecule has 0 fully saturated rings. The Morgan fingerprint density at radius 2 is 0.698 bits per heavy atom. The van der Waals surface area contributed by atoms with E-state index in [4.69, 9.17) is 4.42 Å². The van der Waals surface area contributed by atoms with Gasteiger partial charge in [-0.2, -0.15) is 0 Å². The van der Waals surface area contributed by atoms with E-state index >= 15 is 0 Å². The molecule has 296 valence electrons. The van der Waals surface area contributed by atoms with E-state index in [1.165, 1.54) is 44.1 Å². The van der Waals surface area contributed by atoms with Gasteiger partial charge < -0.3 is 13.9 Å². The van der Waals surface area contributed by atoms with Gasteiger partial charge in [-0.25, -0.2) is 0 Å². The number of nitrogens with zero attached hydrogens (tertiary/aromatic N) is 2. The molecule has 3 heteroatoms. The summed E-state index contributed by atoms with van der Waals surface area (Å²) >= 11 is 0. The Kier molecular flexibility index (Phi) is 8.83. The number of rotatable bonds is 8. The van der Waals surface area contributed by atoms with Crippen molar-refractivity contribution in [3.05, 3.63) is 243 Å². The maximum absolute atomic E-state index is 6.19. The van der Waals surface area contributed by atoms with E-state index in [1.807, 2.05) is 12.1 Å². The minimum Gasteiger partial charge on any atom is -0.456 e. The van der Waals surface area contributed by atoms with Crippen LogP contribution in [-0.2, 0) is 0 Å². The number of hydrogen-bond donors (Lipinski definition) is 0. The minimum atomic E-state index is 0.909. The molecule has 3 nitrogen and oxygen atoms in total. The van der Waals surface area contributed by atoms with E-state index in [-0.39, 0.29) is 0 Å². The zero-order valence-corrected chi connectivity index (χ0v) is 34.4. The number of furan rings is 1. The number of aromatic nitrogens is 1. The first-order valence-corrected chi connectivity index (χ1v) is 21.5. The fraction of sp³-hybridized carbons (Fsp3) is 0. The highest BCUT2D eigenvalue weighted by molar-refractivity contribution is 6.10. The molecule has 0 N–H and O–H groups in total. The van der Waals surface area contributed by atoms with Gasteiger partial charge in [-0.05, 0) is 112 Å². The Labute approximate surface area is 366 Å². The quantitative estimate of drug-likeness (QED) is 0.153. The molecular weight excluding hydrogens is 765 g/mol. The van der Waals surface area contributed by atoms with Crippen molar-refractivity contribution in [3.63, 3.8) is 0 Å². The molecular formula is C60H40N2O. The molecule has 0 radical (unpaired) electrons. The van der Waals surface area contributed by atoms with E-state index < -0.39 is 0 Å². The van der Waals surface area contributed by atoms with Gasteiger partial charge in [0.05, 0.1) is 16.7 Å². The van der Waals surface area contributed by atoms with Crippen molar-refractivity contribution in [2.75, 3.05) is 4.90 Å². The highest BCUT2D eigenvalue weighted by atomic mass is 16.3. The van der Waals surface area contributed by atoms with Gasteiger partial charge in [0.2, 0.25) is 0 Å². The van der Waals surface area contributed by atoms with Crippen molar-refractivity contribution in [3.8, 4) is 50.2 Å². The molecule has 0 bridgehead atoms. The van der Waals surface area contributed by atoms with E-state index in [0.29, 0.717) is 0 Å². The summed E-state index contributed by atoms with van der Waals surface area (Å²) in [7, 11) is 0. The van der Waals surface area contributed by atoms with E-state index in [2.05, 4.69) is 240 Å². The van der Waals surface area contributed by atoms with Gasteiger partial charge in [0, 0.05) is 44.2 Å². The second-order valence-corrected chi connectivity index (χ2v) is 16.1. The van der Waals surface area contributed by atoms with Crippen molar-refractivity contribution >= 4 is 60.8 Å². The summed E-state index contributed by atoms with van der Waals surface area (Å²) in [5.41, 5.74) is 18.0. The Bertz CT molecular complexity index is 3530. The SMILES string of the molecule is c1ccc(-c2ccc(N(c3ccc(-c4ccc(-c5ccc6c(c5)oc5ccccc56)cc4)cc3)c3ccc(-c4ccccc4-n4c5ccccc5c5ccccc54)cc3)cc2)cc1. The van der Waals surface area contributed by atoms with Gasteiger partial charge in [-0.3, -0.25) is 0 Å². The van der Waals surface area contributed by atoms with Crippen LogP contribution in [-0.4, -0.2) is 4.57 Å². The number of hydrogen-bond acceptors (Lipinski definition) is 2. The van der Waals surface area contributed by atoms with Crippen molar-refractivity contribution < 1.29 is 4.42 Å². The van der Waals surface area contributed by atoms with Crippen molar-refractivity contribution in [2.45, 2.75) is 0 Å². The highest BCUT2D eigenvalue weighted by Gasteiger charge is 2.18. The topological polar surface area (TPSA) is 21.3 Å². The summed E-state index contributed by atoms with van der Waals surface area (Å²) in [5.74, 6) is 0. The standard InChI is InChI=1S/C60H40N2O/c1-2-12-41(13-3-1)43-26-33-48(34-27-43)61(49-35-28-44(29-36-49)42-22-24-45(25-23-42)47-32-39-55-54-17-7-11-21-59(54)63-60(55)40-47)50-37-30-46(31-38-50)51-14-4-8-18-56(51)62-57-19-9-5-15-52(57)53-16-6-10-20-58(53)62/h1-40H. The first-order chi connectivity index (χ1) is 31.2. The lowest BCUT2D eigenvalue weighted by molar-refractivity contribution is 0.669. The smallest absolute Gasteiger partial charge is 0.136 e. The van der Waals surface area contributed by atoms with E-state index in [1.54, 1.807) is 0 Å². The van der Waals surface area contributed by atoms with Crippen LogP contribution in [0.3, 0.4) is 0 Å². The molecule has 0 aliphatic carbocycles. The monoisotopic (exact) mass is 804 g/mol. The molecule has 0 atom stereocenters. The summed E-state index contributed by atoms with van der Waals surface area (Å²) in [4.78, 5) is 2.35. The largest absolute Gasteiger partial charge is 0.456 e. The third-order valence-electron chi connectivity index (χ3n) is 12.4. The third-order valence-corrected chi connectivity index (χ3v) is 12.4. The zero-order chi connectivity index (χ0) is 41.7. The van der Waals surface area contributed by atoms with Crippen LogP contribution in [0.2, 0.25) is 0 Å². The van der Waals surface area contributed by atoms with Gasteiger partial charge >= 0.3 is 0 Å². The minimum absolute atomic E-state index is 0.909. The van der Waals surface area contributed by atoms with Crippen molar-refractivity contribution in [1.29, 1.82) is 0 Å². The van der Waals surface area contributed by atoms with Crippen molar-refractivity contribution in [1.82, 2.24) is 4.57 Å². The molecule has 12 aromatic rings. The number of anilines is 3. The molecule has 0 amide bonds. The van der Waals surface area contributed by atoms with Crippen LogP contribution in [0.1, 0.15) is 0 Å². The first kappa shape index (κ1) is 36.5. The second-order valence-electron chi connectivity index (χ2n) is 16.1. The summed E-state index contributed by atoms with van der Waals surface area (Å²) in [5, 5.41) is 4.80.